The van der Waals surface area contributed by atoms with Crippen molar-refractivity contribution in [1.29, 1.82) is 0 Å². The van der Waals surface area contributed by atoms with Crippen molar-refractivity contribution in [1.82, 2.24) is 5.32 Å². The van der Waals surface area contributed by atoms with E-state index in [1.165, 1.54) is 19.3 Å². The second-order valence-corrected chi connectivity index (χ2v) is 5.09. The molecule has 1 aliphatic rings. The van der Waals surface area contributed by atoms with Crippen molar-refractivity contribution in [3.05, 3.63) is 28.8 Å². The van der Waals surface area contributed by atoms with Crippen molar-refractivity contribution in [3.8, 4) is 5.75 Å². The molecule has 1 N–H and O–H groups in total. The molecule has 1 fully saturated rings. The van der Waals surface area contributed by atoms with E-state index in [4.69, 9.17) is 16.3 Å². The number of ether oxygens (including phenoxy) is 1. The van der Waals surface area contributed by atoms with E-state index in [-0.39, 0.29) is 5.91 Å². The van der Waals surface area contributed by atoms with E-state index in [1.807, 2.05) is 0 Å². The number of amides is 1. The third-order valence-electron chi connectivity index (χ3n) is 3.35. The van der Waals surface area contributed by atoms with Crippen molar-refractivity contribution in [2.45, 2.75) is 38.1 Å². The predicted octanol–water partition coefficient (Wildman–Crippen LogP) is 3.41. The lowest BCUT2D eigenvalue weighted by Gasteiger charge is -2.23. The Morgan fingerprint density at radius 3 is 2.72 bits per heavy atom. The molecule has 1 aromatic carbocycles. The molecule has 2 rings (SSSR count). The van der Waals surface area contributed by atoms with E-state index in [1.54, 1.807) is 25.3 Å². The highest BCUT2D eigenvalue weighted by molar-refractivity contribution is 6.30. The minimum absolute atomic E-state index is 0.0737. The Labute approximate surface area is 112 Å². The van der Waals surface area contributed by atoms with Crippen LogP contribution in [-0.2, 0) is 0 Å². The van der Waals surface area contributed by atoms with Gasteiger partial charge in [-0.2, -0.15) is 0 Å². The molecule has 0 unspecified atom stereocenters. The Morgan fingerprint density at radius 2 is 2.06 bits per heavy atom. The molecule has 0 aliphatic heterocycles. The Morgan fingerprint density at radius 1 is 1.33 bits per heavy atom. The average Bonchev–Trinajstić information content (AvgIpc) is 2.39. The maximum Gasteiger partial charge on any atom is 0.255 e. The number of hydrogen-bond acceptors (Lipinski definition) is 2. The van der Waals surface area contributed by atoms with Crippen LogP contribution < -0.4 is 10.1 Å². The summed E-state index contributed by atoms with van der Waals surface area (Å²) in [5, 5.41) is 3.64. The summed E-state index contributed by atoms with van der Waals surface area (Å²) in [5.74, 6) is 0.450. The first kappa shape index (κ1) is 13.2. The zero-order valence-corrected chi connectivity index (χ0v) is 11.3. The number of hydrogen-bond donors (Lipinski definition) is 1. The topological polar surface area (TPSA) is 38.3 Å². The van der Waals surface area contributed by atoms with Crippen LogP contribution in [0.2, 0.25) is 5.02 Å². The van der Waals surface area contributed by atoms with Crippen molar-refractivity contribution < 1.29 is 9.53 Å². The zero-order chi connectivity index (χ0) is 13.0. The quantitative estimate of drug-likeness (QED) is 0.911. The molecular formula is C14H18ClNO2. The highest BCUT2D eigenvalue weighted by Gasteiger charge is 2.19. The van der Waals surface area contributed by atoms with E-state index in [9.17, 15) is 4.79 Å². The number of carbonyl (C=O) groups is 1. The van der Waals surface area contributed by atoms with Gasteiger partial charge in [0, 0.05) is 11.1 Å². The smallest absolute Gasteiger partial charge is 0.255 e. The van der Waals surface area contributed by atoms with Crippen LogP contribution in [0.4, 0.5) is 0 Å². The van der Waals surface area contributed by atoms with Crippen molar-refractivity contribution in [3.63, 3.8) is 0 Å². The first-order chi connectivity index (χ1) is 8.70. The summed E-state index contributed by atoms with van der Waals surface area (Å²) in [7, 11) is 1.54. The Bertz CT molecular complexity index is 428. The molecule has 3 nitrogen and oxygen atoms in total. The SMILES string of the molecule is COc1cc(Cl)ccc1C(=O)NC1CCCCC1. The van der Waals surface area contributed by atoms with Gasteiger partial charge in [-0.15, -0.1) is 0 Å². The molecule has 1 aliphatic carbocycles. The third kappa shape index (κ3) is 3.16. The second kappa shape index (κ2) is 6.10. The number of methoxy groups -OCH3 is 1. The van der Waals surface area contributed by atoms with Crippen molar-refractivity contribution in [2.24, 2.45) is 0 Å². The molecule has 98 valence electrons. The maximum absolute atomic E-state index is 12.2. The monoisotopic (exact) mass is 267 g/mol. The van der Waals surface area contributed by atoms with Gasteiger partial charge in [-0.25, -0.2) is 0 Å². The minimum atomic E-state index is -0.0737. The van der Waals surface area contributed by atoms with Crippen LogP contribution in [0.15, 0.2) is 18.2 Å². The van der Waals surface area contributed by atoms with Gasteiger partial charge in [0.05, 0.1) is 12.7 Å². The number of carbonyl (C=O) groups excluding carboxylic acids is 1. The molecule has 0 spiro atoms. The van der Waals surface area contributed by atoms with E-state index < -0.39 is 0 Å². The molecule has 1 saturated carbocycles. The molecule has 1 amide bonds. The number of rotatable bonds is 3. The molecule has 0 atom stereocenters. The van der Waals surface area contributed by atoms with Gasteiger partial charge in [0.2, 0.25) is 0 Å². The van der Waals surface area contributed by atoms with Crippen LogP contribution in [0.25, 0.3) is 0 Å². The van der Waals surface area contributed by atoms with E-state index in [0.29, 0.717) is 22.4 Å². The molecule has 0 aromatic heterocycles. The fraction of sp³-hybridized carbons (Fsp3) is 0.500. The normalized spacial score (nSPS) is 16.3. The summed E-state index contributed by atoms with van der Waals surface area (Å²) in [6, 6.07) is 5.38. The molecule has 0 bridgehead atoms. The lowest BCUT2D eigenvalue weighted by atomic mass is 9.95. The van der Waals surface area contributed by atoms with E-state index >= 15 is 0 Å². The van der Waals surface area contributed by atoms with Crippen LogP contribution >= 0.6 is 11.6 Å². The maximum atomic E-state index is 12.2. The van der Waals surface area contributed by atoms with Crippen molar-refractivity contribution in [2.75, 3.05) is 7.11 Å². The number of benzene rings is 1. The summed E-state index contributed by atoms with van der Waals surface area (Å²) in [6.45, 7) is 0. The van der Waals surface area contributed by atoms with Crippen LogP contribution in [0.3, 0.4) is 0 Å². The number of nitrogens with one attached hydrogen (secondary N) is 1. The highest BCUT2D eigenvalue weighted by atomic mass is 35.5. The standard InChI is InChI=1S/C14H18ClNO2/c1-18-13-9-10(15)7-8-12(13)14(17)16-11-5-3-2-4-6-11/h7-9,11H,2-6H2,1H3,(H,16,17). The third-order valence-corrected chi connectivity index (χ3v) is 3.58. The van der Waals surface area contributed by atoms with Gasteiger partial charge in [0.1, 0.15) is 5.75 Å². The molecule has 0 radical (unpaired) electrons. The van der Waals surface area contributed by atoms with Crippen LogP contribution in [0.5, 0.6) is 5.75 Å². The summed E-state index contributed by atoms with van der Waals surface area (Å²) >= 11 is 5.88. The molecule has 1 aromatic rings. The Kier molecular flexibility index (Phi) is 4.48. The summed E-state index contributed by atoms with van der Waals surface area (Å²) in [6.07, 6.45) is 5.81. The van der Waals surface area contributed by atoms with Crippen molar-refractivity contribution >= 4 is 17.5 Å². The van der Waals surface area contributed by atoms with E-state index in [2.05, 4.69) is 5.32 Å². The average molecular weight is 268 g/mol. The first-order valence-electron chi connectivity index (χ1n) is 6.35. The van der Waals surface area contributed by atoms with Gasteiger partial charge in [-0.1, -0.05) is 30.9 Å². The molecule has 18 heavy (non-hydrogen) atoms. The highest BCUT2D eigenvalue weighted by Crippen LogP contribution is 2.24. The van der Waals surface area contributed by atoms with Crippen LogP contribution in [0.1, 0.15) is 42.5 Å². The minimum Gasteiger partial charge on any atom is -0.496 e. The largest absolute Gasteiger partial charge is 0.496 e. The van der Waals surface area contributed by atoms with Crippen LogP contribution in [-0.4, -0.2) is 19.1 Å². The molecule has 0 saturated heterocycles. The Balaban J connectivity index is 2.08. The summed E-state index contributed by atoms with van der Waals surface area (Å²) in [4.78, 5) is 12.2. The zero-order valence-electron chi connectivity index (χ0n) is 10.5. The van der Waals surface area contributed by atoms with E-state index in [0.717, 1.165) is 12.8 Å². The summed E-state index contributed by atoms with van der Waals surface area (Å²) < 4.78 is 5.19. The van der Waals surface area contributed by atoms with Gasteiger partial charge in [0.15, 0.2) is 0 Å². The lowest BCUT2D eigenvalue weighted by Crippen LogP contribution is -2.36. The lowest BCUT2D eigenvalue weighted by molar-refractivity contribution is 0.0924. The summed E-state index contributed by atoms with van der Waals surface area (Å²) in [5.41, 5.74) is 0.549. The number of halogens is 1. The van der Waals surface area contributed by atoms with Gasteiger partial charge < -0.3 is 10.1 Å². The first-order valence-corrected chi connectivity index (χ1v) is 6.73. The molecule has 4 heteroatoms. The fourth-order valence-electron chi connectivity index (χ4n) is 2.36. The van der Waals surface area contributed by atoms with Gasteiger partial charge in [-0.3, -0.25) is 4.79 Å². The van der Waals surface area contributed by atoms with Gasteiger partial charge in [0.25, 0.3) is 5.91 Å². The Hall–Kier alpha value is -1.22. The fourth-order valence-corrected chi connectivity index (χ4v) is 2.52. The van der Waals surface area contributed by atoms with Gasteiger partial charge >= 0.3 is 0 Å². The molecular weight excluding hydrogens is 250 g/mol. The predicted molar refractivity (Wildman–Crippen MR) is 72.3 cm³/mol. The second-order valence-electron chi connectivity index (χ2n) is 4.65. The van der Waals surface area contributed by atoms with Crippen LogP contribution in [0, 0.1) is 0 Å². The van der Waals surface area contributed by atoms with Gasteiger partial charge in [-0.05, 0) is 31.0 Å². The molecule has 0 heterocycles.